The van der Waals surface area contributed by atoms with Crippen molar-refractivity contribution < 1.29 is 17.9 Å². The predicted octanol–water partition coefficient (Wildman–Crippen LogP) is 3.76. The minimum absolute atomic E-state index is 0.200. The highest BCUT2D eigenvalue weighted by Gasteiger charge is 2.25. The van der Waals surface area contributed by atoms with E-state index in [1.807, 2.05) is 0 Å². The van der Waals surface area contributed by atoms with Crippen LogP contribution in [0, 0.1) is 5.92 Å². The number of nitrogens with one attached hydrogen (secondary N) is 1. The zero-order valence-electron chi connectivity index (χ0n) is 11.3. The highest BCUT2D eigenvalue weighted by Crippen LogP contribution is 2.15. The monoisotopic (exact) mass is 275 g/mol. The maximum absolute atomic E-state index is 11.9. The third-order valence-corrected chi connectivity index (χ3v) is 2.54. The van der Waals surface area contributed by atoms with Crippen LogP contribution in [-0.2, 0) is 6.54 Å². The second-order valence-electron chi connectivity index (χ2n) is 4.89. The van der Waals surface area contributed by atoms with Gasteiger partial charge in [0.1, 0.15) is 5.75 Å². The Labute approximate surface area is 112 Å². The van der Waals surface area contributed by atoms with E-state index in [9.17, 15) is 13.2 Å². The largest absolute Gasteiger partial charge is 0.494 e. The molecule has 0 aliphatic heterocycles. The fourth-order valence-corrected chi connectivity index (χ4v) is 1.46. The lowest BCUT2D eigenvalue weighted by atomic mass is 10.1. The molecule has 0 saturated carbocycles. The van der Waals surface area contributed by atoms with Crippen LogP contribution in [0.25, 0.3) is 0 Å². The maximum atomic E-state index is 11.9. The van der Waals surface area contributed by atoms with Crippen molar-refractivity contribution in [2.45, 2.75) is 33.0 Å². The van der Waals surface area contributed by atoms with Crippen LogP contribution in [0.5, 0.6) is 5.75 Å². The van der Waals surface area contributed by atoms with Gasteiger partial charge in [-0.2, -0.15) is 13.2 Å². The van der Waals surface area contributed by atoms with Crippen LogP contribution in [0.1, 0.15) is 25.8 Å². The van der Waals surface area contributed by atoms with E-state index in [0.29, 0.717) is 12.5 Å². The van der Waals surface area contributed by atoms with Gasteiger partial charge in [0.15, 0.2) is 0 Å². The van der Waals surface area contributed by atoms with E-state index < -0.39 is 12.7 Å². The molecule has 0 amide bonds. The van der Waals surface area contributed by atoms with Gasteiger partial charge in [-0.3, -0.25) is 0 Å². The van der Waals surface area contributed by atoms with Crippen LogP contribution in [0.4, 0.5) is 13.2 Å². The molecule has 0 radical (unpaired) electrons. The van der Waals surface area contributed by atoms with Crippen LogP contribution >= 0.6 is 0 Å². The van der Waals surface area contributed by atoms with Crippen LogP contribution in [0.2, 0.25) is 0 Å². The minimum atomic E-state index is -4.17. The first-order valence-electron chi connectivity index (χ1n) is 6.36. The lowest BCUT2D eigenvalue weighted by Crippen LogP contribution is -2.28. The number of hydrogen-bond donors (Lipinski definition) is 1. The summed E-state index contributed by atoms with van der Waals surface area (Å²) in [4.78, 5) is 0. The average Bonchev–Trinajstić information content (AvgIpc) is 2.29. The second kappa shape index (κ2) is 7.38. The van der Waals surface area contributed by atoms with E-state index in [4.69, 9.17) is 4.74 Å². The first kappa shape index (κ1) is 15.8. The first-order chi connectivity index (χ1) is 8.87. The Morgan fingerprint density at radius 2 is 1.79 bits per heavy atom. The third kappa shape index (κ3) is 7.72. The van der Waals surface area contributed by atoms with Gasteiger partial charge in [0.2, 0.25) is 0 Å². The van der Waals surface area contributed by atoms with Gasteiger partial charge in [0, 0.05) is 6.54 Å². The highest BCUT2D eigenvalue weighted by atomic mass is 19.4. The van der Waals surface area contributed by atoms with Gasteiger partial charge in [-0.1, -0.05) is 26.0 Å². The van der Waals surface area contributed by atoms with E-state index in [1.54, 1.807) is 24.3 Å². The zero-order valence-corrected chi connectivity index (χ0v) is 11.3. The number of halogens is 3. The Bertz CT molecular complexity index is 360. The fourth-order valence-electron chi connectivity index (χ4n) is 1.46. The molecule has 19 heavy (non-hydrogen) atoms. The average molecular weight is 275 g/mol. The standard InChI is InChI=1S/C14H20F3NO/c1-11(2)7-8-19-13-5-3-12(4-6-13)9-18-10-14(15,16)17/h3-6,11,18H,7-10H2,1-2H3. The van der Waals surface area contributed by atoms with Crippen molar-refractivity contribution in [3.63, 3.8) is 0 Å². The Morgan fingerprint density at radius 1 is 1.16 bits per heavy atom. The summed E-state index contributed by atoms with van der Waals surface area (Å²) in [5, 5.41) is 2.35. The smallest absolute Gasteiger partial charge is 0.401 e. The predicted molar refractivity (Wildman–Crippen MR) is 69.2 cm³/mol. The summed E-state index contributed by atoms with van der Waals surface area (Å²) < 4.78 is 41.4. The van der Waals surface area contributed by atoms with Gasteiger partial charge in [0.25, 0.3) is 0 Å². The molecule has 2 nitrogen and oxygen atoms in total. The molecule has 0 heterocycles. The van der Waals surface area contributed by atoms with E-state index in [-0.39, 0.29) is 6.54 Å². The maximum Gasteiger partial charge on any atom is 0.401 e. The number of benzene rings is 1. The summed E-state index contributed by atoms with van der Waals surface area (Å²) >= 11 is 0. The van der Waals surface area contributed by atoms with Gasteiger partial charge >= 0.3 is 6.18 Å². The highest BCUT2D eigenvalue weighted by molar-refractivity contribution is 5.27. The Hall–Kier alpha value is -1.23. The number of ether oxygens (including phenoxy) is 1. The molecule has 5 heteroatoms. The van der Waals surface area contributed by atoms with Gasteiger partial charge < -0.3 is 10.1 Å². The number of rotatable bonds is 7. The molecule has 0 saturated heterocycles. The summed E-state index contributed by atoms with van der Waals surface area (Å²) in [6.07, 6.45) is -3.19. The van der Waals surface area contributed by atoms with Gasteiger partial charge in [0.05, 0.1) is 13.2 Å². The Morgan fingerprint density at radius 3 is 2.32 bits per heavy atom. The van der Waals surface area contributed by atoms with Crippen LogP contribution in [0.3, 0.4) is 0 Å². The minimum Gasteiger partial charge on any atom is -0.494 e. The molecule has 1 rings (SSSR count). The Balaban J connectivity index is 2.31. The molecule has 0 unspecified atom stereocenters. The van der Waals surface area contributed by atoms with Crippen molar-refractivity contribution in [3.8, 4) is 5.75 Å². The molecule has 0 aliphatic rings. The normalized spacial score (nSPS) is 11.9. The molecule has 0 bridgehead atoms. The molecular formula is C14H20F3NO. The van der Waals surface area contributed by atoms with E-state index in [2.05, 4.69) is 19.2 Å². The van der Waals surface area contributed by atoms with Gasteiger partial charge in [-0.15, -0.1) is 0 Å². The molecule has 0 fully saturated rings. The SMILES string of the molecule is CC(C)CCOc1ccc(CNCC(F)(F)F)cc1. The first-order valence-corrected chi connectivity index (χ1v) is 6.36. The van der Waals surface area contributed by atoms with Crippen molar-refractivity contribution in [2.24, 2.45) is 5.92 Å². The zero-order chi connectivity index (χ0) is 14.3. The molecule has 1 aromatic carbocycles. The van der Waals surface area contributed by atoms with Crippen molar-refractivity contribution in [2.75, 3.05) is 13.2 Å². The van der Waals surface area contributed by atoms with E-state index >= 15 is 0 Å². The van der Waals surface area contributed by atoms with E-state index in [1.165, 1.54) is 0 Å². The Kier molecular flexibility index (Phi) is 6.15. The summed E-state index contributed by atoms with van der Waals surface area (Å²) in [6, 6.07) is 7.11. The molecule has 1 aromatic rings. The quantitative estimate of drug-likeness (QED) is 0.818. The van der Waals surface area contributed by atoms with Crippen molar-refractivity contribution in [1.82, 2.24) is 5.32 Å². The second-order valence-corrected chi connectivity index (χ2v) is 4.89. The van der Waals surface area contributed by atoms with Crippen LogP contribution in [0.15, 0.2) is 24.3 Å². The summed E-state index contributed by atoms with van der Waals surface area (Å²) in [7, 11) is 0. The lowest BCUT2D eigenvalue weighted by molar-refractivity contribution is -0.125. The van der Waals surface area contributed by atoms with E-state index in [0.717, 1.165) is 17.7 Å². The summed E-state index contributed by atoms with van der Waals surface area (Å²) in [5.41, 5.74) is 0.806. The number of hydrogen-bond acceptors (Lipinski definition) is 2. The summed E-state index contributed by atoms with van der Waals surface area (Å²) in [6.45, 7) is 4.13. The molecule has 0 atom stereocenters. The fraction of sp³-hybridized carbons (Fsp3) is 0.571. The molecule has 0 aromatic heterocycles. The van der Waals surface area contributed by atoms with Crippen molar-refractivity contribution >= 4 is 0 Å². The van der Waals surface area contributed by atoms with Crippen LogP contribution < -0.4 is 10.1 Å². The van der Waals surface area contributed by atoms with Crippen molar-refractivity contribution in [3.05, 3.63) is 29.8 Å². The third-order valence-electron chi connectivity index (χ3n) is 2.54. The lowest BCUT2D eigenvalue weighted by Gasteiger charge is -2.10. The van der Waals surface area contributed by atoms with Gasteiger partial charge in [-0.05, 0) is 30.0 Å². The molecular weight excluding hydrogens is 255 g/mol. The van der Waals surface area contributed by atoms with Gasteiger partial charge in [-0.25, -0.2) is 0 Å². The number of alkyl halides is 3. The van der Waals surface area contributed by atoms with Crippen LogP contribution in [-0.4, -0.2) is 19.3 Å². The molecule has 0 aliphatic carbocycles. The summed E-state index contributed by atoms with van der Waals surface area (Å²) in [5.74, 6) is 1.34. The molecule has 0 spiro atoms. The topological polar surface area (TPSA) is 21.3 Å². The van der Waals surface area contributed by atoms with Crippen molar-refractivity contribution in [1.29, 1.82) is 0 Å². The molecule has 1 N–H and O–H groups in total. The molecule has 108 valence electrons.